The Morgan fingerprint density at radius 2 is 1.79 bits per heavy atom. The number of fused-ring (bicyclic) bond motifs is 1. The number of aromatic nitrogens is 3. The zero-order chi connectivity index (χ0) is 29.8. The number of methoxy groups -OCH3 is 1. The van der Waals surface area contributed by atoms with Gasteiger partial charge in [0.15, 0.2) is 0 Å². The van der Waals surface area contributed by atoms with Gasteiger partial charge < -0.3 is 19.1 Å². The number of carboxylic acid groups (broad SMARTS) is 1. The van der Waals surface area contributed by atoms with E-state index in [0.717, 1.165) is 11.6 Å². The molecule has 0 spiro atoms. The summed E-state index contributed by atoms with van der Waals surface area (Å²) in [4.78, 5) is 20.6. The van der Waals surface area contributed by atoms with E-state index in [9.17, 15) is 14.3 Å². The van der Waals surface area contributed by atoms with Crippen LogP contribution in [0.4, 0.5) is 8.78 Å². The number of carboxylic acids is 1. The average Bonchev–Trinajstić information content (AvgIpc) is 3.32. The molecule has 2 aromatic heterocycles. The third-order valence-corrected chi connectivity index (χ3v) is 6.79. The Kier molecular flexibility index (Phi) is 8.22. The van der Waals surface area contributed by atoms with E-state index in [4.69, 9.17) is 14.7 Å². The third kappa shape index (κ3) is 6.11. The summed E-state index contributed by atoms with van der Waals surface area (Å²) in [5.74, 6) is -1.20. The van der Waals surface area contributed by atoms with E-state index < -0.39 is 17.6 Å². The van der Waals surface area contributed by atoms with Crippen molar-refractivity contribution in [3.63, 3.8) is 0 Å². The molecule has 42 heavy (non-hydrogen) atoms. The van der Waals surface area contributed by atoms with E-state index in [2.05, 4.69) is 9.97 Å². The van der Waals surface area contributed by atoms with E-state index in [1.807, 2.05) is 17.6 Å². The Morgan fingerprint density at radius 3 is 2.50 bits per heavy atom. The number of ether oxygens (including phenoxy) is 2. The van der Waals surface area contributed by atoms with Crippen molar-refractivity contribution >= 4 is 17.0 Å². The molecule has 212 valence electrons. The summed E-state index contributed by atoms with van der Waals surface area (Å²) in [6, 6.07) is 19.1. The molecule has 1 N–H and O–H groups in total. The minimum absolute atomic E-state index is 0.0846. The van der Waals surface area contributed by atoms with Gasteiger partial charge in [0.25, 0.3) is 0 Å². The lowest BCUT2D eigenvalue weighted by Gasteiger charge is -2.12. The highest BCUT2D eigenvalue weighted by Crippen LogP contribution is 2.27. The predicted octanol–water partition coefficient (Wildman–Crippen LogP) is 6.07. The van der Waals surface area contributed by atoms with Crippen molar-refractivity contribution in [1.82, 2.24) is 14.5 Å². The maximum atomic E-state index is 15.4. The Morgan fingerprint density at radius 1 is 1.00 bits per heavy atom. The molecule has 0 atom stereocenters. The van der Waals surface area contributed by atoms with E-state index in [0.29, 0.717) is 46.8 Å². The zero-order valence-electron chi connectivity index (χ0n) is 22.9. The number of pyridine rings is 1. The summed E-state index contributed by atoms with van der Waals surface area (Å²) in [6.45, 7) is 2.57. The fourth-order valence-corrected chi connectivity index (χ4v) is 4.64. The molecular weight excluding hydrogens is 542 g/mol. The number of carbonyl (C=O) groups is 1. The molecule has 0 saturated carbocycles. The number of rotatable bonds is 10. The van der Waals surface area contributed by atoms with Gasteiger partial charge in [0, 0.05) is 37.3 Å². The summed E-state index contributed by atoms with van der Waals surface area (Å²) >= 11 is 0. The molecule has 0 unspecified atom stereocenters. The monoisotopic (exact) mass is 568 g/mol. The van der Waals surface area contributed by atoms with Crippen LogP contribution < -0.4 is 4.74 Å². The van der Waals surface area contributed by atoms with Gasteiger partial charge in [0.2, 0.25) is 5.88 Å². The van der Waals surface area contributed by atoms with Gasteiger partial charge in [-0.1, -0.05) is 18.2 Å². The number of nitrogens with zero attached hydrogens (tertiary/aromatic N) is 4. The van der Waals surface area contributed by atoms with Gasteiger partial charge in [-0.3, -0.25) is 0 Å². The molecule has 0 saturated heterocycles. The second kappa shape index (κ2) is 12.2. The van der Waals surface area contributed by atoms with Gasteiger partial charge in [0.1, 0.15) is 24.1 Å². The first-order valence-electron chi connectivity index (χ1n) is 13.1. The van der Waals surface area contributed by atoms with Gasteiger partial charge in [-0.05, 0) is 60.5 Å². The zero-order valence-corrected chi connectivity index (χ0v) is 22.9. The number of hydrogen-bond acceptors (Lipinski definition) is 6. The van der Waals surface area contributed by atoms with E-state index in [1.54, 1.807) is 43.5 Å². The van der Waals surface area contributed by atoms with E-state index in [1.165, 1.54) is 24.3 Å². The van der Waals surface area contributed by atoms with E-state index >= 15 is 4.39 Å². The third-order valence-electron chi connectivity index (χ3n) is 6.79. The fourth-order valence-electron chi connectivity index (χ4n) is 4.64. The van der Waals surface area contributed by atoms with Gasteiger partial charge in [-0.15, -0.1) is 0 Å². The lowest BCUT2D eigenvalue weighted by molar-refractivity contribution is 0.0697. The summed E-state index contributed by atoms with van der Waals surface area (Å²) in [7, 11) is 1.57. The van der Waals surface area contributed by atoms with Crippen LogP contribution >= 0.6 is 0 Å². The Labute approximate surface area is 240 Å². The van der Waals surface area contributed by atoms with Gasteiger partial charge >= 0.3 is 5.97 Å². The molecule has 0 fully saturated rings. The quantitative estimate of drug-likeness (QED) is 0.218. The molecule has 2 heterocycles. The van der Waals surface area contributed by atoms with Crippen molar-refractivity contribution in [2.24, 2.45) is 0 Å². The number of nitriles is 1. The largest absolute Gasteiger partial charge is 0.478 e. The molecule has 5 aromatic rings. The van der Waals surface area contributed by atoms with Crippen molar-refractivity contribution in [2.75, 3.05) is 13.7 Å². The minimum atomic E-state index is -1.04. The van der Waals surface area contributed by atoms with E-state index in [-0.39, 0.29) is 35.6 Å². The molecule has 0 aliphatic rings. The highest BCUT2D eigenvalue weighted by atomic mass is 19.1. The molecule has 5 rings (SSSR count). The normalized spacial score (nSPS) is 11.0. The smallest absolute Gasteiger partial charge is 0.335 e. The Bertz CT molecular complexity index is 1850. The molecule has 0 bridgehead atoms. The van der Waals surface area contributed by atoms with Gasteiger partial charge in [-0.2, -0.15) is 5.26 Å². The first kappa shape index (κ1) is 28.4. The molecule has 0 radical (unpaired) electrons. The first-order chi connectivity index (χ1) is 20.2. The Hall–Kier alpha value is -5.14. The topological polar surface area (TPSA) is 110 Å². The van der Waals surface area contributed by atoms with Crippen molar-refractivity contribution in [3.05, 3.63) is 112 Å². The first-order valence-corrected chi connectivity index (χ1v) is 13.1. The number of imidazole rings is 1. The molecular formula is C32H26F2N4O4. The fraction of sp³-hybridized carbons (Fsp3) is 0.188. The maximum Gasteiger partial charge on any atom is 0.335 e. The van der Waals surface area contributed by atoms with Crippen LogP contribution in [0.15, 0.2) is 66.7 Å². The number of aryl methyl sites for hydroxylation is 1. The number of benzene rings is 3. The van der Waals surface area contributed by atoms with Gasteiger partial charge in [0.05, 0.1) is 40.5 Å². The Balaban J connectivity index is 1.39. The van der Waals surface area contributed by atoms with Crippen LogP contribution in [-0.2, 0) is 24.3 Å². The number of aromatic carboxylic acids is 1. The van der Waals surface area contributed by atoms with Crippen LogP contribution in [-0.4, -0.2) is 39.3 Å². The molecule has 3 aromatic carbocycles. The highest BCUT2D eigenvalue weighted by Gasteiger charge is 2.16. The standard InChI is InChI=1S/C32H26F2N4O4/c1-19-11-28(37-31(12-19)42-18-24-4-3-20(17-35)13-25(24)33)22-6-5-21(26(34)14-22)16-30-36-27-8-7-23(32(39)40)15-29(27)38(30)9-10-41-2/h3-8,11-15H,9-10,16,18H2,1-2H3,(H,39,40). The summed E-state index contributed by atoms with van der Waals surface area (Å²) in [6.07, 6.45) is 0.179. The second-order valence-electron chi connectivity index (χ2n) is 9.74. The summed E-state index contributed by atoms with van der Waals surface area (Å²) < 4.78 is 42.5. The number of hydrogen-bond donors (Lipinski definition) is 1. The molecule has 8 nitrogen and oxygen atoms in total. The van der Waals surface area contributed by atoms with Crippen LogP contribution in [0.5, 0.6) is 5.88 Å². The molecule has 0 aliphatic heterocycles. The predicted molar refractivity (Wildman–Crippen MR) is 151 cm³/mol. The maximum absolute atomic E-state index is 15.4. The summed E-state index contributed by atoms with van der Waals surface area (Å²) in [5.41, 5.74) is 4.15. The highest BCUT2D eigenvalue weighted by molar-refractivity contribution is 5.92. The van der Waals surface area contributed by atoms with Crippen molar-refractivity contribution in [2.45, 2.75) is 26.5 Å². The SMILES string of the molecule is COCCn1c(Cc2ccc(-c3cc(C)cc(OCc4ccc(C#N)cc4F)n3)cc2F)nc2ccc(C(=O)O)cc21. The minimum Gasteiger partial charge on any atom is -0.478 e. The number of halogens is 2. The van der Waals surface area contributed by atoms with Crippen LogP contribution in [0.3, 0.4) is 0 Å². The average molecular weight is 569 g/mol. The van der Waals surface area contributed by atoms with Crippen LogP contribution in [0, 0.1) is 29.9 Å². The van der Waals surface area contributed by atoms with Crippen LogP contribution in [0.25, 0.3) is 22.3 Å². The van der Waals surface area contributed by atoms with Crippen molar-refractivity contribution in [1.29, 1.82) is 5.26 Å². The molecule has 10 heteroatoms. The lowest BCUT2D eigenvalue weighted by atomic mass is 10.0. The molecule has 0 aliphatic carbocycles. The van der Waals surface area contributed by atoms with Crippen LogP contribution in [0.2, 0.25) is 0 Å². The van der Waals surface area contributed by atoms with Crippen LogP contribution in [0.1, 0.15) is 38.4 Å². The lowest BCUT2D eigenvalue weighted by Crippen LogP contribution is -2.10. The second-order valence-corrected chi connectivity index (χ2v) is 9.74. The summed E-state index contributed by atoms with van der Waals surface area (Å²) in [5, 5.41) is 18.3. The molecule has 0 amide bonds. The van der Waals surface area contributed by atoms with Crippen molar-refractivity contribution < 1.29 is 28.2 Å². The van der Waals surface area contributed by atoms with Gasteiger partial charge in [-0.25, -0.2) is 23.5 Å². The van der Waals surface area contributed by atoms with Crippen molar-refractivity contribution in [3.8, 4) is 23.2 Å².